The van der Waals surface area contributed by atoms with Crippen LogP contribution in [0.25, 0.3) is 0 Å². The predicted molar refractivity (Wildman–Crippen MR) is 106 cm³/mol. The quantitative estimate of drug-likeness (QED) is 0.258. The van der Waals surface area contributed by atoms with E-state index < -0.39 is 10.1 Å². The van der Waals surface area contributed by atoms with Crippen molar-refractivity contribution < 1.29 is 17.5 Å². The van der Waals surface area contributed by atoms with Crippen molar-refractivity contribution in [2.24, 2.45) is 0 Å². The van der Waals surface area contributed by atoms with Crippen molar-refractivity contribution in [3.63, 3.8) is 0 Å². The van der Waals surface area contributed by atoms with E-state index in [1.165, 1.54) is 64.3 Å². The monoisotopic (exact) mass is 366 g/mol. The van der Waals surface area contributed by atoms with Gasteiger partial charge in [-0.3, -0.25) is 4.55 Å². The Bertz CT molecular complexity index is 348. The summed E-state index contributed by atoms with van der Waals surface area (Å²) in [6, 6.07) is 0. The first-order valence-electron chi connectivity index (χ1n) is 9.88. The van der Waals surface area contributed by atoms with E-state index in [2.05, 4.69) is 35.0 Å². The first-order valence-corrected chi connectivity index (χ1v) is 11.5. The lowest BCUT2D eigenvalue weighted by Gasteiger charge is -2.23. The molecule has 0 heterocycles. The highest BCUT2D eigenvalue weighted by Crippen LogP contribution is 2.06. The molecule has 0 saturated heterocycles. The van der Waals surface area contributed by atoms with E-state index in [0.29, 0.717) is 6.42 Å². The summed E-state index contributed by atoms with van der Waals surface area (Å²) in [4.78, 5) is 0. The van der Waals surface area contributed by atoms with E-state index in [1.54, 1.807) is 0 Å². The molecular weight excluding hydrogens is 322 g/mol. The van der Waals surface area contributed by atoms with Crippen molar-refractivity contribution in [1.29, 1.82) is 0 Å². The second-order valence-electron chi connectivity index (χ2n) is 7.84. The molecule has 148 valence electrons. The number of rotatable bonds is 14. The molecule has 0 spiro atoms. The molecule has 0 radical (unpaired) electrons. The first kappa shape index (κ1) is 26.1. The van der Waals surface area contributed by atoms with Gasteiger partial charge in [0.2, 0.25) is 0 Å². The van der Waals surface area contributed by atoms with Crippen molar-refractivity contribution in [2.75, 3.05) is 33.4 Å². The molecule has 0 saturated carbocycles. The molecule has 0 aromatic rings. The largest absolute Gasteiger partial charge is 0.331 e. The van der Waals surface area contributed by atoms with Gasteiger partial charge < -0.3 is 4.48 Å². The van der Waals surface area contributed by atoms with Crippen LogP contribution in [0.1, 0.15) is 90.9 Å². The van der Waals surface area contributed by atoms with Crippen molar-refractivity contribution in [3.8, 4) is 0 Å². The van der Waals surface area contributed by atoms with Crippen molar-refractivity contribution >= 4 is 10.1 Å². The SMILES string of the molecule is CCCCCCCCS(=O)(=O)O.CCCCCCCC[N+](C)(C)C. The number of nitrogens with zero attached hydrogens (tertiary/aromatic N) is 1. The van der Waals surface area contributed by atoms with Gasteiger partial charge in [-0.05, 0) is 19.3 Å². The molecule has 0 amide bonds. The molecular formula is C19H44NO3S+. The second-order valence-corrected chi connectivity index (χ2v) is 9.41. The third-order valence-corrected chi connectivity index (χ3v) is 4.74. The van der Waals surface area contributed by atoms with Gasteiger partial charge in [0.15, 0.2) is 0 Å². The van der Waals surface area contributed by atoms with Crippen LogP contribution in [0.3, 0.4) is 0 Å². The van der Waals surface area contributed by atoms with Gasteiger partial charge in [-0.25, -0.2) is 0 Å². The summed E-state index contributed by atoms with van der Waals surface area (Å²) in [6.45, 7) is 5.73. The molecule has 0 aromatic heterocycles. The maximum Gasteiger partial charge on any atom is 0.264 e. The molecule has 0 unspecified atom stereocenters. The van der Waals surface area contributed by atoms with E-state index in [-0.39, 0.29) is 5.75 Å². The van der Waals surface area contributed by atoms with Crippen LogP contribution in [0.2, 0.25) is 0 Å². The Morgan fingerprint density at radius 3 is 1.42 bits per heavy atom. The van der Waals surface area contributed by atoms with Crippen molar-refractivity contribution in [3.05, 3.63) is 0 Å². The van der Waals surface area contributed by atoms with Gasteiger partial charge in [-0.1, -0.05) is 71.6 Å². The molecule has 0 fully saturated rings. The molecule has 24 heavy (non-hydrogen) atoms. The van der Waals surface area contributed by atoms with Crippen LogP contribution in [0.5, 0.6) is 0 Å². The highest BCUT2D eigenvalue weighted by atomic mass is 32.2. The van der Waals surface area contributed by atoms with Gasteiger partial charge >= 0.3 is 0 Å². The fourth-order valence-electron chi connectivity index (χ4n) is 2.43. The van der Waals surface area contributed by atoms with Gasteiger partial charge in [0, 0.05) is 0 Å². The average molecular weight is 367 g/mol. The summed E-state index contributed by atoms with van der Waals surface area (Å²) >= 11 is 0. The topological polar surface area (TPSA) is 54.4 Å². The van der Waals surface area contributed by atoms with Crippen LogP contribution in [0.15, 0.2) is 0 Å². The van der Waals surface area contributed by atoms with E-state index in [1.807, 2.05) is 0 Å². The van der Waals surface area contributed by atoms with E-state index >= 15 is 0 Å². The number of hydrogen-bond acceptors (Lipinski definition) is 2. The number of quaternary nitrogens is 1. The van der Waals surface area contributed by atoms with Crippen LogP contribution >= 0.6 is 0 Å². The average Bonchev–Trinajstić information content (AvgIpc) is 2.45. The summed E-state index contributed by atoms with van der Waals surface area (Å²) in [7, 11) is 3.09. The standard InChI is InChI=1S/C11H26N.C8H18O3S/c1-5-6-7-8-9-10-11-12(2,3)4;1-2-3-4-5-6-7-8-12(9,10)11/h5-11H2,1-4H3;2-8H2,1H3,(H,9,10,11)/q+1;. The summed E-state index contributed by atoms with van der Waals surface area (Å²) < 4.78 is 30.1. The summed E-state index contributed by atoms with van der Waals surface area (Å²) in [5.74, 6) is -0.0842. The molecule has 0 bridgehead atoms. The zero-order chi connectivity index (χ0) is 18.9. The van der Waals surface area contributed by atoms with Crippen molar-refractivity contribution in [1.82, 2.24) is 0 Å². The fourth-order valence-corrected chi connectivity index (χ4v) is 3.00. The predicted octanol–water partition coefficient (Wildman–Crippen LogP) is 5.29. The summed E-state index contributed by atoms with van der Waals surface area (Å²) in [5.41, 5.74) is 0. The minimum atomic E-state index is -3.72. The maximum atomic E-state index is 10.3. The number of hydrogen-bond donors (Lipinski definition) is 1. The van der Waals surface area contributed by atoms with Crippen molar-refractivity contribution in [2.45, 2.75) is 90.9 Å². The normalized spacial score (nSPS) is 11.9. The molecule has 0 aliphatic heterocycles. The zero-order valence-corrected chi connectivity index (χ0v) is 17.8. The molecule has 5 heteroatoms. The third-order valence-electron chi connectivity index (χ3n) is 3.94. The smallest absolute Gasteiger partial charge is 0.264 e. The second kappa shape index (κ2) is 16.3. The van der Waals surface area contributed by atoms with Crippen LogP contribution in [0.4, 0.5) is 0 Å². The first-order chi connectivity index (χ1) is 11.1. The minimum absolute atomic E-state index is 0.0842. The van der Waals surface area contributed by atoms with Gasteiger partial charge in [-0.15, -0.1) is 0 Å². The van der Waals surface area contributed by atoms with Gasteiger partial charge in [0.05, 0.1) is 33.4 Å². The van der Waals surface area contributed by atoms with Gasteiger partial charge in [0.1, 0.15) is 0 Å². The Hall–Kier alpha value is -0.130. The molecule has 1 N–H and O–H groups in total. The Morgan fingerprint density at radius 2 is 1.04 bits per heavy atom. The Kier molecular flexibility index (Phi) is 17.8. The highest BCUT2D eigenvalue weighted by Gasteiger charge is 2.04. The summed E-state index contributed by atoms with van der Waals surface area (Å²) in [5, 5.41) is 0. The molecule has 0 atom stereocenters. The zero-order valence-electron chi connectivity index (χ0n) is 17.0. The molecule has 0 rings (SSSR count). The van der Waals surface area contributed by atoms with Crippen LogP contribution in [-0.4, -0.2) is 50.9 Å². The molecule has 4 nitrogen and oxygen atoms in total. The lowest BCUT2D eigenvalue weighted by molar-refractivity contribution is -0.870. The van der Waals surface area contributed by atoms with Crippen LogP contribution in [0, 0.1) is 0 Å². The molecule has 0 aliphatic rings. The minimum Gasteiger partial charge on any atom is -0.331 e. The van der Waals surface area contributed by atoms with E-state index in [0.717, 1.165) is 17.3 Å². The third kappa shape index (κ3) is 29.8. The Morgan fingerprint density at radius 1 is 0.667 bits per heavy atom. The maximum absolute atomic E-state index is 10.3. The van der Waals surface area contributed by atoms with Gasteiger partial charge in [-0.2, -0.15) is 8.42 Å². The molecule has 0 aromatic carbocycles. The van der Waals surface area contributed by atoms with E-state index in [4.69, 9.17) is 4.55 Å². The highest BCUT2D eigenvalue weighted by molar-refractivity contribution is 7.85. The van der Waals surface area contributed by atoms with Gasteiger partial charge in [0.25, 0.3) is 10.1 Å². The lowest BCUT2D eigenvalue weighted by atomic mass is 10.1. The summed E-state index contributed by atoms with van der Waals surface area (Å²) in [6.07, 6.45) is 14.6. The Balaban J connectivity index is 0. The fraction of sp³-hybridized carbons (Fsp3) is 1.00. The van der Waals surface area contributed by atoms with E-state index in [9.17, 15) is 8.42 Å². The van der Waals surface area contributed by atoms with Crippen LogP contribution < -0.4 is 0 Å². The Labute approximate surface area is 152 Å². The lowest BCUT2D eigenvalue weighted by Crippen LogP contribution is -2.35. The number of unbranched alkanes of at least 4 members (excludes halogenated alkanes) is 10. The molecule has 0 aliphatic carbocycles. The van der Waals surface area contributed by atoms with Crippen LogP contribution in [-0.2, 0) is 10.1 Å².